The summed E-state index contributed by atoms with van der Waals surface area (Å²) in [6.07, 6.45) is 0. The second-order valence-electron chi connectivity index (χ2n) is 3.28. The lowest BCUT2D eigenvalue weighted by molar-refractivity contribution is 0.324. The SMILES string of the molecule is COc1cc(-c2nc(Cl)no2)cc(OC)c1OC. The third-order valence-corrected chi connectivity index (χ3v) is 2.47. The average molecular weight is 271 g/mol. The van der Waals surface area contributed by atoms with Gasteiger partial charge < -0.3 is 18.7 Å². The molecule has 0 spiro atoms. The van der Waals surface area contributed by atoms with Crippen LogP contribution in [0.3, 0.4) is 0 Å². The normalized spacial score (nSPS) is 10.2. The van der Waals surface area contributed by atoms with Gasteiger partial charge >= 0.3 is 0 Å². The van der Waals surface area contributed by atoms with E-state index in [2.05, 4.69) is 10.1 Å². The average Bonchev–Trinajstić information content (AvgIpc) is 2.83. The van der Waals surface area contributed by atoms with Gasteiger partial charge in [-0.2, -0.15) is 4.98 Å². The molecule has 2 aromatic rings. The quantitative estimate of drug-likeness (QED) is 0.850. The summed E-state index contributed by atoms with van der Waals surface area (Å²) in [5.41, 5.74) is 0.629. The second-order valence-corrected chi connectivity index (χ2v) is 3.62. The third kappa shape index (κ3) is 2.19. The van der Waals surface area contributed by atoms with E-state index in [1.165, 1.54) is 21.3 Å². The van der Waals surface area contributed by atoms with Crippen LogP contribution >= 0.6 is 11.6 Å². The van der Waals surface area contributed by atoms with Gasteiger partial charge in [0, 0.05) is 5.56 Å². The molecule has 0 amide bonds. The maximum atomic E-state index is 5.61. The van der Waals surface area contributed by atoms with Crippen molar-refractivity contribution in [2.45, 2.75) is 0 Å². The lowest BCUT2D eigenvalue weighted by Crippen LogP contribution is -1.95. The number of benzene rings is 1. The molecule has 2 rings (SSSR count). The Labute approximate surface area is 108 Å². The number of hydrogen-bond acceptors (Lipinski definition) is 6. The molecule has 0 aliphatic heterocycles. The van der Waals surface area contributed by atoms with E-state index in [0.29, 0.717) is 22.8 Å². The van der Waals surface area contributed by atoms with Gasteiger partial charge in [-0.25, -0.2) is 0 Å². The van der Waals surface area contributed by atoms with Gasteiger partial charge in [0.1, 0.15) is 0 Å². The lowest BCUT2D eigenvalue weighted by atomic mass is 10.2. The Kier molecular flexibility index (Phi) is 3.57. The van der Waals surface area contributed by atoms with E-state index in [1.54, 1.807) is 12.1 Å². The Morgan fingerprint density at radius 1 is 1.06 bits per heavy atom. The first-order valence-electron chi connectivity index (χ1n) is 4.99. The summed E-state index contributed by atoms with van der Waals surface area (Å²) in [4.78, 5) is 3.92. The highest BCUT2D eigenvalue weighted by Gasteiger charge is 2.17. The molecule has 0 unspecified atom stereocenters. The Morgan fingerprint density at radius 2 is 1.67 bits per heavy atom. The molecule has 0 saturated heterocycles. The van der Waals surface area contributed by atoms with Crippen LogP contribution in [-0.2, 0) is 0 Å². The number of rotatable bonds is 4. The predicted octanol–water partition coefficient (Wildman–Crippen LogP) is 2.42. The molecule has 0 N–H and O–H groups in total. The minimum Gasteiger partial charge on any atom is -0.493 e. The number of hydrogen-bond donors (Lipinski definition) is 0. The first-order chi connectivity index (χ1) is 8.69. The van der Waals surface area contributed by atoms with Crippen LogP contribution in [0, 0.1) is 0 Å². The maximum absolute atomic E-state index is 5.61. The summed E-state index contributed by atoms with van der Waals surface area (Å²) < 4.78 is 20.6. The summed E-state index contributed by atoms with van der Waals surface area (Å²) >= 11 is 5.61. The smallest absolute Gasteiger partial charge is 0.264 e. The molecular weight excluding hydrogens is 260 g/mol. The molecule has 1 aromatic heterocycles. The van der Waals surface area contributed by atoms with E-state index in [-0.39, 0.29) is 11.2 Å². The summed E-state index contributed by atoms with van der Waals surface area (Å²) in [7, 11) is 4.59. The second kappa shape index (κ2) is 5.14. The first kappa shape index (κ1) is 12.5. The van der Waals surface area contributed by atoms with Gasteiger partial charge in [0.25, 0.3) is 11.2 Å². The molecule has 1 aromatic carbocycles. The molecule has 0 atom stereocenters. The van der Waals surface area contributed by atoms with E-state index in [1.807, 2.05) is 0 Å². The molecule has 0 saturated carbocycles. The van der Waals surface area contributed by atoms with E-state index < -0.39 is 0 Å². The Morgan fingerprint density at radius 3 is 2.06 bits per heavy atom. The highest BCUT2D eigenvalue weighted by atomic mass is 35.5. The van der Waals surface area contributed by atoms with Crippen molar-refractivity contribution in [2.24, 2.45) is 0 Å². The number of halogens is 1. The van der Waals surface area contributed by atoms with Gasteiger partial charge in [-0.05, 0) is 28.9 Å². The number of aromatic nitrogens is 2. The van der Waals surface area contributed by atoms with Crippen molar-refractivity contribution in [2.75, 3.05) is 21.3 Å². The maximum Gasteiger partial charge on any atom is 0.264 e. The first-order valence-corrected chi connectivity index (χ1v) is 5.37. The molecule has 0 aliphatic carbocycles. The van der Waals surface area contributed by atoms with Gasteiger partial charge in [0.2, 0.25) is 5.75 Å². The summed E-state index contributed by atoms with van der Waals surface area (Å²) in [5, 5.41) is 3.55. The van der Waals surface area contributed by atoms with E-state index in [0.717, 1.165) is 0 Å². The predicted molar refractivity (Wildman–Crippen MR) is 64.4 cm³/mol. The molecule has 1 heterocycles. The Bertz CT molecular complexity index is 531. The summed E-state index contributed by atoms with van der Waals surface area (Å²) in [5.74, 6) is 1.77. The van der Waals surface area contributed by atoms with Crippen LogP contribution < -0.4 is 14.2 Å². The van der Waals surface area contributed by atoms with Gasteiger partial charge in [-0.15, -0.1) is 0 Å². The van der Waals surface area contributed by atoms with Crippen LogP contribution in [-0.4, -0.2) is 31.5 Å². The monoisotopic (exact) mass is 270 g/mol. The van der Waals surface area contributed by atoms with Crippen molar-refractivity contribution in [3.63, 3.8) is 0 Å². The zero-order chi connectivity index (χ0) is 13.1. The molecule has 0 radical (unpaired) electrons. The summed E-state index contributed by atoms with van der Waals surface area (Å²) in [6, 6.07) is 3.40. The van der Waals surface area contributed by atoms with E-state index >= 15 is 0 Å². The lowest BCUT2D eigenvalue weighted by Gasteiger charge is -2.12. The van der Waals surface area contributed by atoms with Crippen molar-refractivity contribution in [3.8, 4) is 28.7 Å². The van der Waals surface area contributed by atoms with Crippen molar-refractivity contribution in [1.82, 2.24) is 10.1 Å². The van der Waals surface area contributed by atoms with Crippen LogP contribution in [0.15, 0.2) is 16.7 Å². The topological polar surface area (TPSA) is 66.6 Å². The molecular formula is C11H11ClN2O4. The summed E-state index contributed by atoms with van der Waals surface area (Å²) in [6.45, 7) is 0. The minimum atomic E-state index is 0.0405. The van der Waals surface area contributed by atoms with Crippen molar-refractivity contribution in [1.29, 1.82) is 0 Å². The number of nitrogens with zero attached hydrogens (tertiary/aromatic N) is 2. The van der Waals surface area contributed by atoms with Gasteiger partial charge in [-0.3, -0.25) is 0 Å². The van der Waals surface area contributed by atoms with Crippen LogP contribution in [0.4, 0.5) is 0 Å². The van der Waals surface area contributed by atoms with Crippen LogP contribution in [0.1, 0.15) is 0 Å². The van der Waals surface area contributed by atoms with E-state index in [9.17, 15) is 0 Å². The van der Waals surface area contributed by atoms with Crippen LogP contribution in [0.2, 0.25) is 5.28 Å². The van der Waals surface area contributed by atoms with Crippen molar-refractivity contribution >= 4 is 11.6 Å². The molecule has 96 valence electrons. The fourth-order valence-electron chi connectivity index (χ4n) is 1.53. The van der Waals surface area contributed by atoms with Crippen molar-refractivity contribution < 1.29 is 18.7 Å². The zero-order valence-electron chi connectivity index (χ0n) is 10.1. The molecule has 6 nitrogen and oxygen atoms in total. The van der Waals surface area contributed by atoms with E-state index in [4.69, 9.17) is 30.3 Å². The number of ether oxygens (including phenoxy) is 3. The number of methoxy groups -OCH3 is 3. The molecule has 0 fully saturated rings. The Hall–Kier alpha value is -1.95. The molecule has 7 heteroatoms. The van der Waals surface area contributed by atoms with Crippen molar-refractivity contribution in [3.05, 3.63) is 17.4 Å². The molecule has 18 heavy (non-hydrogen) atoms. The zero-order valence-corrected chi connectivity index (χ0v) is 10.8. The minimum absolute atomic E-state index is 0.0405. The largest absolute Gasteiger partial charge is 0.493 e. The fraction of sp³-hybridized carbons (Fsp3) is 0.273. The fourth-order valence-corrected chi connectivity index (χ4v) is 1.64. The Balaban J connectivity index is 2.56. The highest BCUT2D eigenvalue weighted by Crippen LogP contribution is 2.40. The van der Waals surface area contributed by atoms with Crippen LogP contribution in [0.5, 0.6) is 17.2 Å². The standard InChI is InChI=1S/C11H11ClN2O4/c1-15-7-4-6(10-13-11(12)14-18-10)5-8(16-2)9(7)17-3/h4-5H,1-3H3. The van der Waals surface area contributed by atoms with Gasteiger partial charge in [0.15, 0.2) is 11.5 Å². The van der Waals surface area contributed by atoms with Crippen LogP contribution in [0.25, 0.3) is 11.5 Å². The highest BCUT2D eigenvalue weighted by molar-refractivity contribution is 6.28. The van der Waals surface area contributed by atoms with Gasteiger partial charge in [-0.1, -0.05) is 0 Å². The molecule has 0 bridgehead atoms. The van der Waals surface area contributed by atoms with Gasteiger partial charge in [0.05, 0.1) is 21.3 Å². The third-order valence-electron chi connectivity index (χ3n) is 2.31. The molecule has 0 aliphatic rings.